The Morgan fingerprint density at radius 2 is 0.750 bits per heavy atom. The van der Waals surface area contributed by atoms with Gasteiger partial charge in [-0.2, -0.15) is 26.3 Å². The van der Waals surface area contributed by atoms with Crippen LogP contribution >= 0.6 is 48.0 Å². The molecule has 0 saturated carbocycles. The van der Waals surface area contributed by atoms with E-state index in [4.69, 9.17) is 9.47 Å². The van der Waals surface area contributed by atoms with Crippen molar-refractivity contribution in [2.24, 2.45) is 0 Å². The van der Waals surface area contributed by atoms with E-state index in [0.717, 1.165) is 76.1 Å². The first-order chi connectivity index (χ1) is 24.1. The second-order valence-electron chi connectivity index (χ2n) is 14.3. The zero-order valence-electron chi connectivity index (χ0n) is 30.5. The molecule has 0 N–H and O–H groups in total. The van der Waals surface area contributed by atoms with Crippen molar-refractivity contribution in [3.05, 3.63) is 59.7 Å². The summed E-state index contributed by atoms with van der Waals surface area (Å²) in [5, 5.41) is 0. The van der Waals surface area contributed by atoms with E-state index in [9.17, 15) is 26.3 Å². The molecule has 0 aliphatic carbocycles. The summed E-state index contributed by atoms with van der Waals surface area (Å²) in [6, 6.07) is 10.7. The topological polar surface area (TPSA) is 24.9 Å². The van der Waals surface area contributed by atoms with E-state index >= 15 is 0 Å². The molecule has 298 valence electrons. The highest BCUT2D eigenvalue weighted by atomic mass is 127. The Bertz CT molecular complexity index is 1110. The van der Waals surface area contributed by atoms with Crippen LogP contribution in [0.5, 0.6) is 11.5 Å². The van der Waals surface area contributed by atoms with E-state index < -0.39 is 23.5 Å². The fourth-order valence-electron chi connectivity index (χ4n) is 7.37. The van der Waals surface area contributed by atoms with Crippen molar-refractivity contribution in [2.45, 2.75) is 140 Å². The zero-order chi connectivity index (χ0) is 35.7. The SMILES string of the molecule is FC(F)(F)c1ccc(OCC2CCCN2CCCCCCCCCCCCCCCCN2CCCC2COc2ccc(C(F)(F)F)cc2)cc1.I.I. The standard InChI is InChI=1S/C40H58F6N2O2.2HI/c41-39(42,43)33-19-23-37(24-20-33)49-31-35-17-15-29-47(35)27-13-11-9-7-5-3-1-2-4-6-8-10-12-14-28-48-30-16-18-36(48)32-50-38-25-21-34(22-26-38)40(44,45)46;;/h19-26,35-36H,1-18,27-32H2;2*1H. The van der Waals surface area contributed by atoms with Crippen molar-refractivity contribution >= 4 is 48.0 Å². The molecule has 2 heterocycles. The van der Waals surface area contributed by atoms with Crippen molar-refractivity contribution in [1.82, 2.24) is 9.80 Å². The fraction of sp³-hybridized carbons (Fsp3) is 0.700. The molecule has 0 radical (unpaired) electrons. The van der Waals surface area contributed by atoms with Gasteiger partial charge in [0.25, 0.3) is 0 Å². The minimum absolute atomic E-state index is 0. The quantitative estimate of drug-likeness (QED) is 0.0629. The molecule has 52 heavy (non-hydrogen) atoms. The van der Waals surface area contributed by atoms with E-state index in [1.807, 2.05) is 0 Å². The predicted octanol–water partition coefficient (Wildman–Crippen LogP) is 12.8. The molecule has 2 saturated heterocycles. The number of nitrogens with zero attached hydrogens (tertiary/aromatic N) is 2. The number of unbranched alkanes of at least 4 members (excludes halogenated alkanes) is 13. The van der Waals surface area contributed by atoms with Crippen LogP contribution in [0.3, 0.4) is 0 Å². The van der Waals surface area contributed by atoms with Crippen LogP contribution in [0.1, 0.15) is 127 Å². The summed E-state index contributed by atoms with van der Waals surface area (Å²) < 4.78 is 88.3. The van der Waals surface area contributed by atoms with Crippen LogP contribution < -0.4 is 9.47 Å². The molecule has 2 fully saturated rings. The van der Waals surface area contributed by atoms with Crippen LogP contribution in [0.2, 0.25) is 0 Å². The summed E-state index contributed by atoms with van der Waals surface area (Å²) in [7, 11) is 0. The lowest BCUT2D eigenvalue weighted by molar-refractivity contribution is -0.138. The molecule has 0 aromatic heterocycles. The first kappa shape index (κ1) is 47.2. The van der Waals surface area contributed by atoms with Gasteiger partial charge < -0.3 is 9.47 Å². The second kappa shape index (κ2) is 25.2. The molecule has 2 aromatic rings. The molecule has 2 aliphatic rings. The maximum Gasteiger partial charge on any atom is 0.416 e. The first-order valence-electron chi connectivity index (χ1n) is 19.2. The minimum atomic E-state index is -4.32. The number of rotatable bonds is 23. The Kier molecular flexibility index (Phi) is 22.9. The molecule has 12 heteroatoms. The number of halogens is 8. The largest absolute Gasteiger partial charge is 0.492 e. The van der Waals surface area contributed by atoms with Gasteiger partial charge >= 0.3 is 12.4 Å². The van der Waals surface area contributed by atoms with Gasteiger partial charge in [0, 0.05) is 12.1 Å². The molecule has 4 nitrogen and oxygen atoms in total. The van der Waals surface area contributed by atoms with Crippen molar-refractivity contribution < 1.29 is 35.8 Å². The van der Waals surface area contributed by atoms with Gasteiger partial charge in [-0.15, -0.1) is 48.0 Å². The third-order valence-corrected chi connectivity index (χ3v) is 10.4. The lowest BCUT2D eigenvalue weighted by Crippen LogP contribution is -2.34. The van der Waals surface area contributed by atoms with Gasteiger partial charge in [-0.1, -0.05) is 77.0 Å². The molecule has 2 aliphatic heterocycles. The predicted molar refractivity (Wildman–Crippen MR) is 219 cm³/mol. The van der Waals surface area contributed by atoms with Gasteiger partial charge in [-0.05, 0) is 113 Å². The summed E-state index contributed by atoms with van der Waals surface area (Å²) in [5.74, 6) is 0.996. The molecule has 0 spiro atoms. The van der Waals surface area contributed by atoms with Crippen LogP contribution in [-0.4, -0.2) is 61.3 Å². The minimum Gasteiger partial charge on any atom is -0.492 e. The number of hydrogen-bond donors (Lipinski definition) is 0. The number of likely N-dealkylation sites (tertiary alicyclic amines) is 2. The van der Waals surface area contributed by atoms with Gasteiger partial charge in [-0.25, -0.2) is 0 Å². The maximum atomic E-state index is 12.8. The fourth-order valence-corrected chi connectivity index (χ4v) is 7.37. The molecular formula is C40H60F6I2N2O2. The Morgan fingerprint density at radius 1 is 0.462 bits per heavy atom. The number of benzene rings is 2. The van der Waals surface area contributed by atoms with Crippen molar-refractivity contribution in [3.63, 3.8) is 0 Å². The van der Waals surface area contributed by atoms with Crippen LogP contribution in [0.15, 0.2) is 48.5 Å². The lowest BCUT2D eigenvalue weighted by Gasteiger charge is -2.24. The molecule has 2 atom stereocenters. The number of alkyl halides is 6. The average molecular weight is 969 g/mol. The smallest absolute Gasteiger partial charge is 0.416 e. The molecule has 2 aromatic carbocycles. The third kappa shape index (κ3) is 17.6. The van der Waals surface area contributed by atoms with E-state index in [2.05, 4.69) is 9.80 Å². The maximum absolute atomic E-state index is 12.8. The van der Waals surface area contributed by atoms with Gasteiger partial charge in [0.15, 0.2) is 0 Å². The van der Waals surface area contributed by atoms with Gasteiger partial charge in [0.05, 0.1) is 11.1 Å². The average Bonchev–Trinajstić information content (AvgIpc) is 3.74. The summed E-state index contributed by atoms with van der Waals surface area (Å²) in [4.78, 5) is 4.98. The highest BCUT2D eigenvalue weighted by Crippen LogP contribution is 2.32. The summed E-state index contributed by atoms with van der Waals surface area (Å²) in [6.45, 7) is 5.36. The second-order valence-corrected chi connectivity index (χ2v) is 14.3. The molecule has 0 bridgehead atoms. The van der Waals surface area contributed by atoms with Crippen molar-refractivity contribution in [1.29, 1.82) is 0 Å². The third-order valence-electron chi connectivity index (χ3n) is 10.4. The van der Waals surface area contributed by atoms with Gasteiger partial charge in [0.2, 0.25) is 0 Å². The Morgan fingerprint density at radius 3 is 1.04 bits per heavy atom. The summed E-state index contributed by atoms with van der Waals surface area (Å²) >= 11 is 0. The van der Waals surface area contributed by atoms with Gasteiger partial charge in [0.1, 0.15) is 24.7 Å². The van der Waals surface area contributed by atoms with Crippen molar-refractivity contribution in [2.75, 3.05) is 39.4 Å². The van der Waals surface area contributed by atoms with Crippen LogP contribution in [0.4, 0.5) is 26.3 Å². The lowest BCUT2D eigenvalue weighted by atomic mass is 10.0. The van der Waals surface area contributed by atoms with E-state index in [1.165, 1.54) is 114 Å². The zero-order valence-corrected chi connectivity index (χ0v) is 35.2. The first-order valence-corrected chi connectivity index (χ1v) is 19.2. The monoisotopic (exact) mass is 968 g/mol. The Balaban J connectivity index is 0.00000468. The summed E-state index contributed by atoms with van der Waals surface area (Å²) in [5.41, 5.74) is -1.30. The van der Waals surface area contributed by atoms with Gasteiger partial charge in [-0.3, -0.25) is 9.80 Å². The number of ether oxygens (including phenoxy) is 2. The van der Waals surface area contributed by atoms with E-state index in [1.54, 1.807) is 0 Å². The van der Waals surface area contributed by atoms with E-state index in [-0.39, 0.29) is 48.0 Å². The molecule has 4 rings (SSSR count). The number of hydrogen-bond acceptors (Lipinski definition) is 4. The normalized spacial score (nSPS) is 18.3. The Labute approximate surface area is 342 Å². The summed E-state index contributed by atoms with van der Waals surface area (Å²) in [6.07, 6.45) is 13.8. The van der Waals surface area contributed by atoms with Crippen LogP contribution in [0, 0.1) is 0 Å². The van der Waals surface area contributed by atoms with E-state index in [0.29, 0.717) is 36.8 Å². The molecule has 0 amide bonds. The van der Waals surface area contributed by atoms with Crippen molar-refractivity contribution in [3.8, 4) is 11.5 Å². The highest BCUT2D eigenvalue weighted by Gasteiger charge is 2.31. The highest BCUT2D eigenvalue weighted by molar-refractivity contribution is 14.0. The van der Waals surface area contributed by atoms with Crippen LogP contribution in [0.25, 0.3) is 0 Å². The van der Waals surface area contributed by atoms with Crippen LogP contribution in [-0.2, 0) is 12.4 Å². The molecular weight excluding hydrogens is 908 g/mol. The Hall–Kier alpha value is -1.00. The molecule has 2 unspecified atom stereocenters.